The molecule has 1 aromatic heterocycles. The number of nitrogens with one attached hydrogen (secondary N) is 1. The molecule has 1 fully saturated rings. The number of aromatic nitrogens is 2. The molecule has 0 amide bonds. The summed E-state index contributed by atoms with van der Waals surface area (Å²) < 4.78 is 31.8. The highest BCUT2D eigenvalue weighted by Gasteiger charge is 2.59. The van der Waals surface area contributed by atoms with Crippen molar-refractivity contribution in [2.45, 2.75) is 69.0 Å². The van der Waals surface area contributed by atoms with Gasteiger partial charge in [-0.1, -0.05) is 72.8 Å². The maximum absolute atomic E-state index is 14.9. The number of hydrogen-bond acceptors (Lipinski definition) is 11. The van der Waals surface area contributed by atoms with Gasteiger partial charge in [0.15, 0.2) is 11.8 Å². The molecule has 0 saturated carbocycles. The number of aliphatic hydroxyl groups excluding tert-OH is 2. The zero-order valence-electron chi connectivity index (χ0n) is 31.7. The molecule has 1 aliphatic heterocycles. The van der Waals surface area contributed by atoms with Crippen LogP contribution in [0.2, 0.25) is 0 Å². The number of para-hydroxylation sites is 1. The second kappa shape index (κ2) is 16.1. The number of hydrogen-bond donors (Lipinski definition) is 3. The second-order valence-corrected chi connectivity index (χ2v) is 14.5. The summed E-state index contributed by atoms with van der Waals surface area (Å²) in [5, 5.41) is 26.6. The SMILES string of the molecule is COc1ccc(C(OC(C)(C(=O)COc2ccccc2)[C@H]2O[C@@H](n3ccc(NC(C)(C)C)nc3=O)[C@H](O)[C@@H]2O)(c2ccccc2)c2ccc(OC)cc2)cc1. The van der Waals surface area contributed by atoms with E-state index in [0.717, 1.165) is 4.57 Å². The molecule has 3 N–H and O–H groups in total. The summed E-state index contributed by atoms with van der Waals surface area (Å²) in [6, 6.07) is 34.2. The highest BCUT2D eigenvalue weighted by Crippen LogP contribution is 2.48. The average molecular weight is 750 g/mol. The summed E-state index contributed by atoms with van der Waals surface area (Å²) in [5.41, 5.74) is -2.87. The highest BCUT2D eigenvalue weighted by molar-refractivity contribution is 5.89. The first kappa shape index (κ1) is 39.2. The molecular weight excluding hydrogens is 702 g/mol. The van der Waals surface area contributed by atoms with Crippen LogP contribution < -0.4 is 25.2 Å². The van der Waals surface area contributed by atoms with Gasteiger partial charge in [0.05, 0.1) is 14.2 Å². The Hall–Kier alpha value is -5.53. The summed E-state index contributed by atoms with van der Waals surface area (Å²) in [5.74, 6) is 1.35. The molecule has 0 aliphatic carbocycles. The van der Waals surface area contributed by atoms with Crippen LogP contribution in [0.25, 0.3) is 0 Å². The largest absolute Gasteiger partial charge is 0.497 e. The fraction of sp³-hybridized carbons (Fsp3) is 0.326. The molecule has 0 radical (unpaired) electrons. The Bertz CT molecular complexity index is 2060. The monoisotopic (exact) mass is 749 g/mol. The van der Waals surface area contributed by atoms with Gasteiger partial charge in [-0.3, -0.25) is 9.36 Å². The predicted molar refractivity (Wildman–Crippen MR) is 207 cm³/mol. The third-order valence-electron chi connectivity index (χ3n) is 9.59. The van der Waals surface area contributed by atoms with Crippen LogP contribution in [0.4, 0.5) is 5.82 Å². The number of nitrogens with zero attached hydrogens (tertiary/aromatic N) is 2. The number of carbonyl (C=O) groups excluding carboxylic acids is 1. The van der Waals surface area contributed by atoms with Gasteiger partial charge in [-0.15, -0.1) is 0 Å². The van der Waals surface area contributed by atoms with Crippen molar-refractivity contribution in [2.24, 2.45) is 0 Å². The van der Waals surface area contributed by atoms with E-state index in [1.807, 2.05) is 81.4 Å². The van der Waals surface area contributed by atoms with E-state index in [0.29, 0.717) is 39.8 Å². The van der Waals surface area contributed by atoms with E-state index in [2.05, 4.69) is 10.3 Å². The molecule has 4 aromatic carbocycles. The van der Waals surface area contributed by atoms with Gasteiger partial charge in [-0.2, -0.15) is 4.98 Å². The van der Waals surface area contributed by atoms with Crippen molar-refractivity contribution < 1.29 is 38.7 Å². The van der Waals surface area contributed by atoms with E-state index in [9.17, 15) is 19.8 Å². The maximum Gasteiger partial charge on any atom is 0.351 e. The van der Waals surface area contributed by atoms with Crippen molar-refractivity contribution in [3.05, 3.63) is 149 Å². The quantitative estimate of drug-likeness (QED) is 0.124. The van der Waals surface area contributed by atoms with Crippen LogP contribution in [0.3, 0.4) is 0 Å². The van der Waals surface area contributed by atoms with E-state index in [1.165, 1.54) is 13.1 Å². The fourth-order valence-corrected chi connectivity index (χ4v) is 6.81. The number of ether oxygens (including phenoxy) is 5. The molecule has 5 aromatic rings. The first-order valence-corrected chi connectivity index (χ1v) is 17.9. The molecule has 0 bridgehead atoms. The van der Waals surface area contributed by atoms with Gasteiger partial charge in [-0.25, -0.2) is 4.79 Å². The van der Waals surface area contributed by atoms with Crippen LogP contribution in [0.5, 0.6) is 17.2 Å². The Morgan fingerprint density at radius 2 is 1.27 bits per heavy atom. The zero-order valence-corrected chi connectivity index (χ0v) is 31.7. The number of benzene rings is 4. The van der Waals surface area contributed by atoms with E-state index in [-0.39, 0.29) is 5.54 Å². The lowest BCUT2D eigenvalue weighted by atomic mass is 9.78. The molecule has 12 nitrogen and oxygen atoms in total. The first-order valence-electron chi connectivity index (χ1n) is 17.9. The summed E-state index contributed by atoms with van der Waals surface area (Å²) in [7, 11) is 3.13. The lowest BCUT2D eigenvalue weighted by Gasteiger charge is -2.45. The highest BCUT2D eigenvalue weighted by atomic mass is 16.6. The maximum atomic E-state index is 14.9. The van der Waals surface area contributed by atoms with E-state index in [4.69, 9.17) is 23.7 Å². The molecule has 5 atom stereocenters. The first-order chi connectivity index (χ1) is 26.3. The number of methoxy groups -OCH3 is 2. The van der Waals surface area contributed by atoms with Crippen molar-refractivity contribution in [3.63, 3.8) is 0 Å². The minimum atomic E-state index is -2.07. The molecule has 0 spiro atoms. The lowest BCUT2D eigenvalue weighted by molar-refractivity contribution is -0.203. The molecule has 288 valence electrons. The number of carbonyl (C=O) groups is 1. The third-order valence-corrected chi connectivity index (χ3v) is 9.59. The Labute approximate surface area is 320 Å². The summed E-state index contributed by atoms with van der Waals surface area (Å²) >= 11 is 0. The third kappa shape index (κ3) is 8.13. The second-order valence-electron chi connectivity index (χ2n) is 14.5. The Morgan fingerprint density at radius 3 is 1.78 bits per heavy atom. The number of aliphatic hydroxyl groups is 2. The topological polar surface area (TPSA) is 151 Å². The van der Waals surface area contributed by atoms with Crippen molar-refractivity contribution in [2.75, 3.05) is 26.1 Å². The smallest absolute Gasteiger partial charge is 0.351 e. The Balaban J connectivity index is 1.52. The number of rotatable bonds is 14. The number of anilines is 1. The van der Waals surface area contributed by atoms with Gasteiger partial charge in [0, 0.05) is 11.7 Å². The van der Waals surface area contributed by atoms with Crippen LogP contribution in [0.1, 0.15) is 50.6 Å². The lowest BCUT2D eigenvalue weighted by Crippen LogP contribution is -2.59. The molecule has 2 heterocycles. The van der Waals surface area contributed by atoms with Crippen LogP contribution in [0.15, 0.2) is 126 Å². The molecule has 1 unspecified atom stereocenters. The van der Waals surface area contributed by atoms with Gasteiger partial charge in [0.2, 0.25) is 5.78 Å². The van der Waals surface area contributed by atoms with Gasteiger partial charge in [0.25, 0.3) is 0 Å². The van der Waals surface area contributed by atoms with Crippen molar-refractivity contribution in [3.8, 4) is 17.2 Å². The van der Waals surface area contributed by atoms with Crippen molar-refractivity contribution in [1.29, 1.82) is 0 Å². The molecule has 1 aliphatic rings. The fourth-order valence-electron chi connectivity index (χ4n) is 6.81. The van der Waals surface area contributed by atoms with Gasteiger partial charge >= 0.3 is 5.69 Å². The average Bonchev–Trinajstić information content (AvgIpc) is 3.49. The molecule has 1 saturated heterocycles. The number of Topliss-reactive ketones (excluding diaryl/α,β-unsaturated/α-hetero) is 1. The van der Waals surface area contributed by atoms with Gasteiger partial charge < -0.3 is 39.2 Å². The zero-order chi connectivity index (χ0) is 39.4. The summed E-state index contributed by atoms with van der Waals surface area (Å²) in [6.45, 7) is 6.81. The van der Waals surface area contributed by atoms with E-state index >= 15 is 0 Å². The minimum absolute atomic E-state index is 0.325. The van der Waals surface area contributed by atoms with Crippen LogP contribution in [0, 0.1) is 0 Å². The van der Waals surface area contributed by atoms with Crippen LogP contribution in [-0.2, 0) is 19.9 Å². The van der Waals surface area contributed by atoms with Crippen molar-refractivity contribution in [1.82, 2.24) is 9.55 Å². The van der Waals surface area contributed by atoms with Crippen molar-refractivity contribution >= 4 is 11.6 Å². The van der Waals surface area contributed by atoms with E-state index in [1.54, 1.807) is 68.8 Å². The minimum Gasteiger partial charge on any atom is -0.497 e. The molecule has 12 heteroatoms. The van der Waals surface area contributed by atoms with Gasteiger partial charge in [0.1, 0.15) is 53.6 Å². The van der Waals surface area contributed by atoms with Crippen LogP contribution in [-0.4, -0.2) is 75.8 Å². The molecule has 6 rings (SSSR count). The van der Waals surface area contributed by atoms with Gasteiger partial charge in [-0.05, 0) is 86.8 Å². The Kier molecular flexibility index (Phi) is 11.4. The van der Waals surface area contributed by atoms with Crippen LogP contribution >= 0.6 is 0 Å². The number of ketones is 1. The predicted octanol–water partition coefficient (Wildman–Crippen LogP) is 5.51. The normalized spacial score (nSPS) is 19.6. The molecule has 55 heavy (non-hydrogen) atoms. The standard InChI is InChI=1S/C43H47N3O9/c1-41(2,3)45-35-25-26-46(40(50)44-35)39-37(49)36(48)38(54-39)42(4,34(47)27-53-33-15-11-8-12-16-33)55-43(28-13-9-7-10-14-28,29-17-21-31(51-5)22-18-29)30-19-23-32(52-6)24-20-30/h7-26,36-39,48-49H,27H2,1-6H3,(H,44,45,50)/t36-,37+,38-,39+,42?/m0/s1. The summed E-state index contributed by atoms with van der Waals surface area (Å²) in [4.78, 5) is 32.4. The summed E-state index contributed by atoms with van der Waals surface area (Å²) in [6.07, 6.45) is -4.91. The molecular formula is C43H47N3O9. The van der Waals surface area contributed by atoms with E-state index < -0.39 is 53.8 Å². The Morgan fingerprint density at radius 1 is 0.745 bits per heavy atom.